The number of esters is 4. The molecule has 0 bridgehead atoms. The number of carbonyl (C=O) groups is 11. The van der Waals surface area contributed by atoms with Gasteiger partial charge in [0.05, 0.1) is 27.3 Å². The summed E-state index contributed by atoms with van der Waals surface area (Å²) >= 11 is 5.25. The van der Waals surface area contributed by atoms with Crippen LogP contribution in [0.25, 0.3) is 21.9 Å². The molecule has 90 heavy (non-hydrogen) atoms. The number of fused-ring (bicyclic) bond motifs is 4. The number of hydrogen-bond donors (Lipinski definition) is 2. The quantitative estimate of drug-likeness (QED) is 0.0465. The summed E-state index contributed by atoms with van der Waals surface area (Å²) in [4.78, 5) is 152. The van der Waals surface area contributed by atoms with Crippen LogP contribution in [0.4, 0.5) is 9.59 Å². The third-order valence-electron chi connectivity index (χ3n) is 14.6. The molecule has 0 radical (unpaired) electrons. The lowest BCUT2D eigenvalue weighted by Gasteiger charge is -2.34. The van der Waals surface area contributed by atoms with E-state index in [1.54, 1.807) is 79.1 Å². The summed E-state index contributed by atoms with van der Waals surface area (Å²) in [5.41, 5.74) is -0.485. The Morgan fingerprint density at radius 1 is 0.622 bits per heavy atom. The van der Waals surface area contributed by atoms with Crippen molar-refractivity contribution in [3.8, 4) is 23.0 Å². The summed E-state index contributed by atoms with van der Waals surface area (Å²) in [5, 5.41) is 6.09. The lowest BCUT2D eigenvalue weighted by Crippen LogP contribution is -2.56. The zero-order valence-electron chi connectivity index (χ0n) is 48.3. The second-order valence-electron chi connectivity index (χ2n) is 20.2. The average Bonchev–Trinajstić information content (AvgIpc) is 1.56. The number of hydrogen-bond acceptors (Lipinski definition) is 21. The van der Waals surface area contributed by atoms with Crippen LogP contribution in [0, 0.1) is 0 Å². The first-order valence-electron chi connectivity index (χ1n) is 27.1. The zero-order valence-corrected chi connectivity index (χ0v) is 49.0. The lowest BCUT2D eigenvalue weighted by atomic mass is 9.92. The fourth-order valence-electron chi connectivity index (χ4n) is 10.5. The smallest absolute Gasteiger partial charge is 0.343 e. The van der Waals surface area contributed by atoms with Crippen LogP contribution in [0.5, 0.6) is 23.0 Å². The van der Waals surface area contributed by atoms with E-state index in [0.29, 0.717) is 66.5 Å². The van der Waals surface area contributed by atoms with Crippen LogP contribution >= 0.6 is 11.6 Å². The molecule has 8 heterocycles. The molecule has 4 aromatic heterocycles. The van der Waals surface area contributed by atoms with Crippen molar-refractivity contribution < 1.29 is 90.0 Å². The van der Waals surface area contributed by atoms with E-state index in [2.05, 4.69) is 25.3 Å². The van der Waals surface area contributed by atoms with E-state index in [0.717, 1.165) is 19.4 Å². The van der Waals surface area contributed by atoms with Crippen molar-refractivity contribution in [1.82, 2.24) is 40.2 Å². The molecule has 0 spiro atoms. The van der Waals surface area contributed by atoms with Crippen LogP contribution < -0.4 is 29.6 Å². The molecule has 8 aromatic rings. The standard InChI is InChI=1S/C32H26N4O10.C20H16N4O5.C10H9ClO4/c1-18(37)36-31(42)35(17-44-29(40)23-6-4-5-7-26(23)45-19(2)38)30(41)32(36,27-12-21-14-33-11-10-25(21)46-27)16-34-15-20-8-9-22(43-3)13-24(20)28(34)39;1-28-13-3-2-11-9-24(17(25)14(11)7-13)10-20(18(26)22-19(27)23-20)16-6-12-8-21-5-4-15(12)29-16;1-7(12)15-9-5-3-2-4-8(9)10(13)14-6-11/h4-14H,15-17H2,1-3H3;2-8H,9-10H2,1H3,(H2,22,23,26,27);2-5H,6H2,1H3/t32-;20-;/m00./s1. The number of imide groups is 3. The minimum Gasteiger partial charge on any atom is -0.497 e. The van der Waals surface area contributed by atoms with Crippen LogP contribution in [0.1, 0.15) is 84.9 Å². The van der Waals surface area contributed by atoms with Gasteiger partial charge in [0.2, 0.25) is 11.4 Å². The molecule has 4 aromatic carbocycles. The number of nitrogens with zero attached hydrogens (tertiary/aromatic N) is 6. The van der Waals surface area contributed by atoms with Gasteiger partial charge in [-0.2, -0.15) is 0 Å². The van der Waals surface area contributed by atoms with Gasteiger partial charge in [0.1, 0.15) is 56.8 Å². The van der Waals surface area contributed by atoms with Crippen LogP contribution in [-0.2, 0) is 57.6 Å². The monoisotopic (exact) mass is 1250 g/mol. The SMILES string of the molecule is CC(=O)Oc1ccccc1C(=O)OCCl.COc1ccc2c(c1)C(=O)N(C[C@@]1(c3cc4cnccc4o3)NC(=O)NC1=O)C2.COc1ccc2c(c1)C(=O)N(C[C@]1(c3cc4cnccc4o3)C(=O)N(COC(=O)c3ccccc3OC(C)=O)C(=O)N1C(C)=O)C2. The van der Waals surface area contributed by atoms with E-state index >= 15 is 0 Å². The Kier molecular flexibility index (Phi) is 17.4. The van der Waals surface area contributed by atoms with E-state index in [9.17, 15) is 52.7 Å². The largest absolute Gasteiger partial charge is 0.497 e. The number of rotatable bonds is 15. The molecule has 2 N–H and O–H groups in total. The second-order valence-corrected chi connectivity index (χ2v) is 20.5. The van der Waals surface area contributed by atoms with E-state index in [1.807, 2.05) is 6.07 Å². The van der Waals surface area contributed by atoms with Crippen molar-refractivity contribution in [1.29, 1.82) is 0 Å². The molecule has 9 amide bonds. The maximum absolute atomic E-state index is 14.5. The summed E-state index contributed by atoms with van der Waals surface area (Å²) in [7, 11) is 3.00. The Bertz CT molecular complexity index is 4210. The summed E-state index contributed by atoms with van der Waals surface area (Å²) < 4.78 is 42.2. The molecule has 28 heteroatoms. The molecule has 27 nitrogen and oxygen atoms in total. The third-order valence-corrected chi connectivity index (χ3v) is 14.7. The number of carbonyl (C=O) groups excluding carboxylic acids is 11. The van der Waals surface area contributed by atoms with Gasteiger partial charge in [-0.05, 0) is 83.9 Å². The first-order chi connectivity index (χ1) is 43.2. The van der Waals surface area contributed by atoms with Crippen molar-refractivity contribution in [2.75, 3.05) is 40.1 Å². The highest BCUT2D eigenvalue weighted by Crippen LogP contribution is 2.43. The fourth-order valence-corrected chi connectivity index (χ4v) is 10.6. The molecule has 4 aliphatic rings. The topological polar surface area (TPSA) is 332 Å². The molecule has 0 aliphatic carbocycles. The van der Waals surface area contributed by atoms with Crippen LogP contribution in [0.2, 0.25) is 0 Å². The van der Waals surface area contributed by atoms with Gasteiger partial charge in [0, 0.05) is 80.5 Å². The summed E-state index contributed by atoms with van der Waals surface area (Å²) in [6.45, 7) is 2.44. The van der Waals surface area contributed by atoms with Gasteiger partial charge >= 0.3 is 35.9 Å². The predicted molar refractivity (Wildman–Crippen MR) is 310 cm³/mol. The maximum atomic E-state index is 14.5. The highest BCUT2D eigenvalue weighted by atomic mass is 35.5. The van der Waals surface area contributed by atoms with Gasteiger partial charge in [-0.25, -0.2) is 29.0 Å². The maximum Gasteiger partial charge on any atom is 0.343 e. The van der Waals surface area contributed by atoms with E-state index in [4.69, 9.17) is 44.1 Å². The van der Waals surface area contributed by atoms with Gasteiger partial charge in [-0.3, -0.25) is 48.8 Å². The zero-order chi connectivity index (χ0) is 64.2. The number of nitrogens with one attached hydrogen (secondary N) is 2. The van der Waals surface area contributed by atoms with E-state index < -0.39 is 83.9 Å². The highest BCUT2D eigenvalue weighted by molar-refractivity contribution is 6.18. The Labute approximate surface area is 514 Å². The minimum atomic E-state index is -2.17. The summed E-state index contributed by atoms with van der Waals surface area (Å²) in [6.07, 6.45) is 6.14. The number of methoxy groups -OCH3 is 2. The number of pyridine rings is 2. The number of amides is 9. The number of ether oxygens (including phenoxy) is 6. The molecule has 460 valence electrons. The highest BCUT2D eigenvalue weighted by Gasteiger charge is 2.64. The van der Waals surface area contributed by atoms with Gasteiger partial charge < -0.3 is 52.4 Å². The van der Waals surface area contributed by atoms with Crippen LogP contribution in [0.15, 0.2) is 143 Å². The molecular weight excluding hydrogens is 1200 g/mol. The molecule has 12 rings (SSSR count). The van der Waals surface area contributed by atoms with Crippen molar-refractivity contribution in [3.63, 3.8) is 0 Å². The van der Waals surface area contributed by atoms with Crippen molar-refractivity contribution >= 4 is 99.0 Å². The second kappa shape index (κ2) is 25.5. The third kappa shape index (κ3) is 11.9. The minimum absolute atomic E-state index is 0.0663. The van der Waals surface area contributed by atoms with Crippen LogP contribution in [-0.4, -0.2) is 135 Å². The van der Waals surface area contributed by atoms with Gasteiger partial charge in [0.25, 0.3) is 23.6 Å². The Balaban J connectivity index is 0.000000171. The number of halogens is 1. The number of aromatic nitrogens is 2. The fraction of sp³-hybridized carbons (Fsp3) is 0.210. The Morgan fingerprint density at radius 3 is 1.60 bits per heavy atom. The summed E-state index contributed by atoms with van der Waals surface area (Å²) in [6, 6.07) is 26.7. The first-order valence-corrected chi connectivity index (χ1v) is 27.6. The van der Waals surface area contributed by atoms with Crippen molar-refractivity contribution in [3.05, 3.63) is 179 Å². The van der Waals surface area contributed by atoms with Crippen molar-refractivity contribution in [2.24, 2.45) is 0 Å². The van der Waals surface area contributed by atoms with Crippen molar-refractivity contribution in [2.45, 2.75) is 44.9 Å². The first kappa shape index (κ1) is 61.6. The normalized spacial score (nSPS) is 17.2. The summed E-state index contributed by atoms with van der Waals surface area (Å²) in [5.74, 6) is -4.62. The number of furan rings is 2. The van der Waals surface area contributed by atoms with Gasteiger partial charge in [-0.1, -0.05) is 48.0 Å². The molecule has 2 saturated heterocycles. The molecule has 0 unspecified atom stereocenters. The Hall–Kier alpha value is -11.5. The molecule has 0 saturated carbocycles. The average molecular weight is 1250 g/mol. The van der Waals surface area contributed by atoms with Crippen LogP contribution in [0.3, 0.4) is 0 Å². The number of para-hydroxylation sites is 2. The molecule has 4 aliphatic heterocycles. The number of urea groups is 2. The molecular formula is C62H51ClN8O19. The van der Waals surface area contributed by atoms with E-state index in [-0.39, 0.29) is 59.2 Å². The number of benzene rings is 4. The predicted octanol–water partition coefficient (Wildman–Crippen LogP) is 6.73. The lowest BCUT2D eigenvalue weighted by molar-refractivity contribution is -0.143. The number of alkyl halides is 1. The van der Waals surface area contributed by atoms with Gasteiger partial charge in [0.15, 0.2) is 18.3 Å². The molecule has 2 fully saturated rings. The van der Waals surface area contributed by atoms with Gasteiger partial charge in [-0.15, -0.1) is 0 Å². The molecule has 2 atom stereocenters. The van der Waals surface area contributed by atoms with E-state index in [1.165, 1.54) is 79.7 Å². The Morgan fingerprint density at radius 2 is 1.12 bits per heavy atom.